The third-order valence-corrected chi connectivity index (χ3v) is 2.09. The number of aromatic nitrogens is 1. The highest BCUT2D eigenvalue weighted by Gasteiger charge is 2.14. The van der Waals surface area contributed by atoms with Crippen LogP contribution in [-0.4, -0.2) is 11.9 Å². The largest absolute Gasteiger partial charge is 0.454 e. The van der Waals surface area contributed by atoms with Gasteiger partial charge in [-0.15, -0.1) is 0 Å². The van der Waals surface area contributed by atoms with E-state index in [4.69, 9.17) is 14.0 Å². The molecule has 3 rings (SSSR count). The zero-order valence-electron chi connectivity index (χ0n) is 7.27. The first-order valence-electron chi connectivity index (χ1n) is 4.24. The Morgan fingerprint density at radius 1 is 1.07 bits per heavy atom. The summed E-state index contributed by atoms with van der Waals surface area (Å²) < 4.78 is 15.5. The molecule has 1 aliphatic rings. The minimum absolute atomic E-state index is 0.287. The maximum absolute atomic E-state index is 5.25. The Labute approximate surface area is 80.0 Å². The second-order valence-electron chi connectivity index (χ2n) is 2.94. The highest BCUT2D eigenvalue weighted by Crippen LogP contribution is 2.35. The van der Waals surface area contributed by atoms with Crippen molar-refractivity contribution in [1.29, 1.82) is 0 Å². The molecule has 2 heterocycles. The van der Waals surface area contributed by atoms with Crippen LogP contribution in [0.1, 0.15) is 0 Å². The average molecular weight is 189 g/mol. The fraction of sp³-hybridized carbons (Fsp3) is 0.100. The summed E-state index contributed by atoms with van der Waals surface area (Å²) in [6.45, 7) is 0.287. The van der Waals surface area contributed by atoms with Gasteiger partial charge in [0.25, 0.3) is 0 Å². The maximum Gasteiger partial charge on any atom is 0.231 e. The number of rotatable bonds is 1. The van der Waals surface area contributed by atoms with Gasteiger partial charge in [-0.25, -0.2) is 0 Å². The second kappa shape index (κ2) is 2.77. The molecular formula is C10H7NO3. The van der Waals surface area contributed by atoms with E-state index in [-0.39, 0.29) is 6.79 Å². The Hall–Kier alpha value is -1.97. The van der Waals surface area contributed by atoms with Gasteiger partial charge in [0.2, 0.25) is 6.79 Å². The molecule has 0 radical (unpaired) electrons. The highest BCUT2D eigenvalue weighted by molar-refractivity contribution is 5.62. The molecule has 0 atom stereocenters. The zero-order chi connectivity index (χ0) is 9.38. The normalized spacial score (nSPS) is 13.1. The summed E-state index contributed by atoms with van der Waals surface area (Å²) in [5, 5.41) is 3.65. The van der Waals surface area contributed by atoms with Crippen LogP contribution >= 0.6 is 0 Å². The summed E-state index contributed by atoms with van der Waals surface area (Å²) in [6, 6.07) is 7.45. The van der Waals surface area contributed by atoms with Gasteiger partial charge >= 0.3 is 0 Å². The molecule has 70 valence electrons. The minimum Gasteiger partial charge on any atom is -0.454 e. The van der Waals surface area contributed by atoms with Crippen LogP contribution in [0.15, 0.2) is 35.0 Å². The van der Waals surface area contributed by atoms with E-state index >= 15 is 0 Å². The summed E-state index contributed by atoms with van der Waals surface area (Å²) in [4.78, 5) is 0. The van der Waals surface area contributed by atoms with Gasteiger partial charge < -0.3 is 14.0 Å². The zero-order valence-corrected chi connectivity index (χ0v) is 7.27. The summed E-state index contributed by atoms with van der Waals surface area (Å²) in [7, 11) is 0. The monoisotopic (exact) mass is 189 g/mol. The number of fused-ring (bicyclic) bond motifs is 1. The van der Waals surface area contributed by atoms with Gasteiger partial charge in [-0.05, 0) is 18.2 Å². The summed E-state index contributed by atoms with van der Waals surface area (Å²) >= 11 is 0. The molecule has 1 aliphatic heterocycles. The van der Waals surface area contributed by atoms with Gasteiger partial charge in [0.1, 0.15) is 0 Å². The van der Waals surface area contributed by atoms with E-state index in [1.807, 2.05) is 18.2 Å². The van der Waals surface area contributed by atoms with Crippen molar-refractivity contribution in [2.75, 3.05) is 6.79 Å². The van der Waals surface area contributed by atoms with Crippen LogP contribution in [0.2, 0.25) is 0 Å². The summed E-state index contributed by atoms with van der Waals surface area (Å²) in [6.07, 6.45) is 1.61. The Bertz CT molecular complexity index is 450. The number of hydrogen-bond donors (Lipinski definition) is 0. The standard InChI is InChI=1S/C10H7NO3/c1-2-9-10(13-6-12-9)5-7(1)8-3-4-11-14-8/h1-5H,6H2. The van der Waals surface area contributed by atoms with Crippen molar-refractivity contribution < 1.29 is 14.0 Å². The van der Waals surface area contributed by atoms with E-state index < -0.39 is 0 Å². The number of ether oxygens (including phenoxy) is 2. The third-order valence-electron chi connectivity index (χ3n) is 2.09. The van der Waals surface area contributed by atoms with Gasteiger partial charge in [0, 0.05) is 11.6 Å². The third kappa shape index (κ3) is 1.04. The molecule has 0 bridgehead atoms. The van der Waals surface area contributed by atoms with Gasteiger partial charge in [-0.2, -0.15) is 0 Å². The maximum atomic E-state index is 5.25. The molecule has 14 heavy (non-hydrogen) atoms. The minimum atomic E-state index is 0.287. The summed E-state index contributed by atoms with van der Waals surface area (Å²) in [5.74, 6) is 2.25. The Balaban J connectivity index is 2.09. The topological polar surface area (TPSA) is 44.5 Å². The van der Waals surface area contributed by atoms with Gasteiger partial charge in [0.15, 0.2) is 17.3 Å². The molecule has 0 fully saturated rings. The van der Waals surface area contributed by atoms with Crippen LogP contribution in [0.5, 0.6) is 11.5 Å². The quantitative estimate of drug-likeness (QED) is 0.688. The lowest BCUT2D eigenvalue weighted by Gasteiger charge is -1.97. The smallest absolute Gasteiger partial charge is 0.231 e. The van der Waals surface area contributed by atoms with Crippen molar-refractivity contribution in [2.24, 2.45) is 0 Å². The van der Waals surface area contributed by atoms with Crippen molar-refractivity contribution in [3.8, 4) is 22.8 Å². The van der Waals surface area contributed by atoms with Crippen LogP contribution in [0.4, 0.5) is 0 Å². The lowest BCUT2D eigenvalue weighted by atomic mass is 10.1. The molecule has 1 aromatic heterocycles. The van der Waals surface area contributed by atoms with Crippen molar-refractivity contribution in [3.63, 3.8) is 0 Å². The fourth-order valence-electron chi connectivity index (χ4n) is 1.41. The molecule has 0 spiro atoms. The average Bonchev–Trinajstić information content (AvgIpc) is 2.88. The first-order valence-corrected chi connectivity index (χ1v) is 4.24. The van der Waals surface area contributed by atoms with E-state index in [0.29, 0.717) is 0 Å². The highest BCUT2D eigenvalue weighted by atomic mass is 16.7. The van der Waals surface area contributed by atoms with E-state index in [2.05, 4.69) is 5.16 Å². The van der Waals surface area contributed by atoms with Crippen molar-refractivity contribution in [2.45, 2.75) is 0 Å². The number of nitrogens with zero attached hydrogens (tertiary/aromatic N) is 1. The molecule has 0 amide bonds. The van der Waals surface area contributed by atoms with Gasteiger partial charge in [-0.3, -0.25) is 0 Å². The molecule has 1 aromatic carbocycles. The van der Waals surface area contributed by atoms with Crippen LogP contribution in [-0.2, 0) is 0 Å². The first-order chi connectivity index (χ1) is 6.93. The van der Waals surface area contributed by atoms with Crippen LogP contribution < -0.4 is 9.47 Å². The predicted molar refractivity (Wildman–Crippen MR) is 48.1 cm³/mol. The second-order valence-corrected chi connectivity index (χ2v) is 2.94. The van der Waals surface area contributed by atoms with Crippen LogP contribution in [0, 0.1) is 0 Å². The Morgan fingerprint density at radius 2 is 2.00 bits per heavy atom. The Morgan fingerprint density at radius 3 is 2.86 bits per heavy atom. The molecule has 0 saturated heterocycles. The van der Waals surface area contributed by atoms with Crippen LogP contribution in [0.3, 0.4) is 0 Å². The van der Waals surface area contributed by atoms with E-state index in [0.717, 1.165) is 22.8 Å². The van der Waals surface area contributed by atoms with Crippen LogP contribution in [0.25, 0.3) is 11.3 Å². The number of benzene rings is 1. The van der Waals surface area contributed by atoms with Crippen molar-refractivity contribution in [3.05, 3.63) is 30.5 Å². The SMILES string of the molecule is c1cc(-c2ccc3c(c2)OCO3)on1. The molecular weight excluding hydrogens is 182 g/mol. The van der Waals surface area contributed by atoms with E-state index in [1.165, 1.54) is 0 Å². The number of hydrogen-bond acceptors (Lipinski definition) is 4. The predicted octanol–water partition coefficient (Wildman–Crippen LogP) is 2.07. The van der Waals surface area contributed by atoms with E-state index in [1.54, 1.807) is 12.3 Å². The lowest BCUT2D eigenvalue weighted by molar-refractivity contribution is 0.174. The van der Waals surface area contributed by atoms with Gasteiger partial charge in [-0.1, -0.05) is 5.16 Å². The Kier molecular flexibility index (Phi) is 1.47. The van der Waals surface area contributed by atoms with Gasteiger partial charge in [0.05, 0.1) is 6.20 Å². The molecule has 0 aliphatic carbocycles. The molecule has 0 unspecified atom stereocenters. The van der Waals surface area contributed by atoms with Crippen molar-refractivity contribution in [1.82, 2.24) is 5.16 Å². The summed E-state index contributed by atoms with van der Waals surface area (Å²) in [5.41, 5.74) is 0.937. The van der Waals surface area contributed by atoms with E-state index in [9.17, 15) is 0 Å². The molecule has 4 nitrogen and oxygen atoms in total. The molecule has 0 N–H and O–H groups in total. The van der Waals surface area contributed by atoms with Crippen molar-refractivity contribution >= 4 is 0 Å². The molecule has 0 saturated carbocycles. The molecule has 2 aromatic rings. The fourth-order valence-corrected chi connectivity index (χ4v) is 1.41. The first kappa shape index (κ1) is 7.44. The molecule has 4 heteroatoms. The lowest BCUT2D eigenvalue weighted by Crippen LogP contribution is -1.92.